The highest BCUT2D eigenvalue weighted by atomic mass is 32.2. The Bertz CT molecular complexity index is 956. The number of carbonyl (C=O) groups excluding carboxylic acids is 2. The van der Waals surface area contributed by atoms with Gasteiger partial charge in [0.25, 0.3) is 11.8 Å². The second kappa shape index (κ2) is 9.10. The molecule has 2 aliphatic heterocycles. The zero-order chi connectivity index (χ0) is 21.1. The molecular weight excluding hydrogens is 398 g/mol. The van der Waals surface area contributed by atoms with Crippen LogP contribution in [-0.4, -0.2) is 57.9 Å². The largest absolute Gasteiger partial charge is 0.372 e. The summed E-state index contributed by atoms with van der Waals surface area (Å²) in [4.78, 5) is 29.7. The van der Waals surface area contributed by atoms with Crippen LogP contribution in [-0.2, 0) is 17.2 Å². The molecule has 6 nitrogen and oxygen atoms in total. The average molecular weight is 426 g/mol. The van der Waals surface area contributed by atoms with E-state index in [1.165, 1.54) is 4.90 Å². The van der Waals surface area contributed by atoms with E-state index < -0.39 is 10.8 Å². The predicted octanol–water partition coefficient (Wildman–Crippen LogP) is 3.12. The normalized spacial score (nSPS) is 17.4. The zero-order valence-electron chi connectivity index (χ0n) is 17.2. The van der Waals surface area contributed by atoms with Crippen LogP contribution in [0.2, 0.25) is 0 Å². The molecule has 2 heterocycles. The van der Waals surface area contributed by atoms with Gasteiger partial charge in [-0.2, -0.15) is 0 Å². The van der Waals surface area contributed by atoms with Crippen molar-refractivity contribution in [1.29, 1.82) is 0 Å². The Labute approximate surface area is 179 Å². The Morgan fingerprint density at radius 3 is 2.43 bits per heavy atom. The molecule has 7 heteroatoms. The molecule has 1 atom stereocenters. The molecule has 0 fully saturated rings. The van der Waals surface area contributed by atoms with E-state index >= 15 is 0 Å². The van der Waals surface area contributed by atoms with E-state index in [0.717, 1.165) is 55.0 Å². The lowest BCUT2D eigenvalue weighted by Gasteiger charge is -2.23. The lowest BCUT2D eigenvalue weighted by molar-refractivity contribution is 0.0647. The number of imide groups is 1. The molecule has 1 N–H and O–H groups in total. The van der Waals surface area contributed by atoms with E-state index in [2.05, 4.69) is 23.2 Å². The Balaban J connectivity index is 1.33. The van der Waals surface area contributed by atoms with Crippen molar-refractivity contribution >= 4 is 28.3 Å². The minimum atomic E-state index is -0.974. The van der Waals surface area contributed by atoms with Gasteiger partial charge >= 0.3 is 0 Å². The van der Waals surface area contributed by atoms with Gasteiger partial charge in [-0.05, 0) is 56.1 Å². The van der Waals surface area contributed by atoms with E-state index in [-0.39, 0.29) is 11.8 Å². The van der Waals surface area contributed by atoms with Crippen molar-refractivity contribution < 1.29 is 13.8 Å². The van der Waals surface area contributed by atoms with Gasteiger partial charge in [-0.1, -0.05) is 31.2 Å². The van der Waals surface area contributed by atoms with Crippen LogP contribution in [0.1, 0.15) is 46.0 Å². The minimum Gasteiger partial charge on any atom is -0.372 e. The molecule has 0 saturated carbocycles. The van der Waals surface area contributed by atoms with Gasteiger partial charge < -0.3 is 10.2 Å². The number of hydrogen-bond donors (Lipinski definition) is 1. The lowest BCUT2D eigenvalue weighted by atomic mass is 10.1. The lowest BCUT2D eigenvalue weighted by Crippen LogP contribution is -2.34. The van der Waals surface area contributed by atoms with E-state index in [4.69, 9.17) is 0 Å². The summed E-state index contributed by atoms with van der Waals surface area (Å²) in [6.45, 7) is 5.22. The molecule has 2 amide bonds. The van der Waals surface area contributed by atoms with Gasteiger partial charge in [0.15, 0.2) is 0 Å². The molecule has 0 saturated heterocycles. The van der Waals surface area contributed by atoms with E-state index in [1.54, 1.807) is 24.3 Å². The first-order valence-corrected chi connectivity index (χ1v) is 11.8. The second-order valence-electron chi connectivity index (χ2n) is 7.71. The first-order chi connectivity index (χ1) is 14.6. The second-order valence-corrected chi connectivity index (χ2v) is 9.10. The highest BCUT2D eigenvalue weighted by molar-refractivity contribution is 7.85. The van der Waals surface area contributed by atoms with Crippen molar-refractivity contribution in [3.8, 4) is 0 Å². The highest BCUT2D eigenvalue weighted by Crippen LogP contribution is 2.29. The molecule has 4 rings (SSSR count). The third-order valence-corrected chi connectivity index (χ3v) is 7.03. The molecule has 1 unspecified atom stereocenters. The fourth-order valence-corrected chi connectivity index (χ4v) is 5.51. The topological polar surface area (TPSA) is 69.7 Å². The smallest absolute Gasteiger partial charge is 0.261 e. The first kappa shape index (κ1) is 20.8. The minimum absolute atomic E-state index is 0.188. The summed E-state index contributed by atoms with van der Waals surface area (Å²) in [5.74, 6) is 0.116. The summed E-state index contributed by atoms with van der Waals surface area (Å²) in [6.07, 6.45) is 2.61. The molecule has 0 aromatic heterocycles. The summed E-state index contributed by atoms with van der Waals surface area (Å²) in [5.41, 5.74) is 3.13. The molecule has 0 spiro atoms. The van der Waals surface area contributed by atoms with Crippen molar-refractivity contribution in [1.82, 2.24) is 9.80 Å². The van der Waals surface area contributed by atoms with Crippen LogP contribution in [0.15, 0.2) is 47.4 Å². The van der Waals surface area contributed by atoms with Crippen molar-refractivity contribution in [2.75, 3.05) is 37.4 Å². The summed E-state index contributed by atoms with van der Waals surface area (Å²) < 4.78 is 12.3. The SMILES string of the molecule is CCCN(CCCN1C(=O)c2ccccc2C1=O)CCc1cccc2c1S(=O)CN2. The van der Waals surface area contributed by atoms with Crippen LogP contribution in [0.4, 0.5) is 5.69 Å². The average Bonchev–Trinajstić information content (AvgIpc) is 3.25. The third-order valence-electron chi connectivity index (χ3n) is 5.69. The van der Waals surface area contributed by atoms with Gasteiger partial charge in [-0.25, -0.2) is 0 Å². The maximum absolute atomic E-state index is 12.5. The summed E-state index contributed by atoms with van der Waals surface area (Å²) >= 11 is 0. The van der Waals surface area contributed by atoms with E-state index in [9.17, 15) is 13.8 Å². The van der Waals surface area contributed by atoms with Gasteiger partial charge in [-0.3, -0.25) is 18.7 Å². The van der Waals surface area contributed by atoms with Crippen molar-refractivity contribution in [2.24, 2.45) is 0 Å². The predicted molar refractivity (Wildman–Crippen MR) is 118 cm³/mol. The third kappa shape index (κ3) is 4.04. The Morgan fingerprint density at radius 2 is 1.73 bits per heavy atom. The molecule has 2 aliphatic rings. The van der Waals surface area contributed by atoms with Crippen molar-refractivity contribution in [3.05, 3.63) is 59.2 Å². The Kier molecular flexibility index (Phi) is 6.29. The van der Waals surface area contributed by atoms with Gasteiger partial charge in [0, 0.05) is 13.1 Å². The molecule has 0 radical (unpaired) electrons. The zero-order valence-corrected chi connectivity index (χ0v) is 18.0. The molecule has 0 aliphatic carbocycles. The van der Waals surface area contributed by atoms with Crippen molar-refractivity contribution in [2.45, 2.75) is 31.1 Å². The standard InChI is InChI=1S/C23H27N3O3S/c1-2-12-25(15-11-17-7-5-10-20-21(17)30(29)16-24-20)13-6-14-26-22(27)18-8-3-4-9-19(18)23(26)28/h3-5,7-10,24H,2,6,11-16H2,1H3. The van der Waals surface area contributed by atoms with Gasteiger partial charge in [0.2, 0.25) is 0 Å². The number of benzene rings is 2. The molecule has 158 valence electrons. The highest BCUT2D eigenvalue weighted by Gasteiger charge is 2.34. The number of nitrogens with one attached hydrogen (secondary N) is 1. The maximum atomic E-state index is 12.5. The summed E-state index contributed by atoms with van der Waals surface area (Å²) in [7, 11) is -0.974. The summed E-state index contributed by atoms with van der Waals surface area (Å²) in [6, 6.07) is 13.1. The molecule has 30 heavy (non-hydrogen) atoms. The molecule has 2 aromatic rings. The molecule has 0 bridgehead atoms. The maximum Gasteiger partial charge on any atom is 0.261 e. The van der Waals surface area contributed by atoms with E-state index in [1.807, 2.05) is 12.1 Å². The van der Waals surface area contributed by atoms with Gasteiger partial charge in [0.1, 0.15) is 0 Å². The Hall–Kier alpha value is -2.51. The van der Waals surface area contributed by atoms with Crippen LogP contribution in [0.25, 0.3) is 0 Å². The van der Waals surface area contributed by atoms with Gasteiger partial charge in [-0.15, -0.1) is 0 Å². The van der Waals surface area contributed by atoms with Gasteiger partial charge in [0.05, 0.1) is 38.4 Å². The fraction of sp³-hybridized carbons (Fsp3) is 0.391. The number of amides is 2. The van der Waals surface area contributed by atoms with Crippen molar-refractivity contribution in [3.63, 3.8) is 0 Å². The van der Waals surface area contributed by atoms with Crippen LogP contribution in [0.5, 0.6) is 0 Å². The number of rotatable bonds is 9. The molecular formula is C23H27N3O3S. The van der Waals surface area contributed by atoms with E-state index in [0.29, 0.717) is 23.5 Å². The number of carbonyl (C=O) groups is 2. The number of nitrogens with zero attached hydrogens (tertiary/aromatic N) is 2. The van der Waals surface area contributed by atoms with Crippen LogP contribution >= 0.6 is 0 Å². The van der Waals surface area contributed by atoms with Crippen LogP contribution in [0.3, 0.4) is 0 Å². The number of fused-ring (bicyclic) bond motifs is 2. The molecule has 2 aromatic carbocycles. The Morgan fingerprint density at radius 1 is 1.00 bits per heavy atom. The quantitative estimate of drug-likeness (QED) is 0.625. The monoisotopic (exact) mass is 425 g/mol. The van der Waals surface area contributed by atoms with Crippen LogP contribution < -0.4 is 5.32 Å². The number of hydrogen-bond acceptors (Lipinski definition) is 5. The fourth-order valence-electron chi connectivity index (χ4n) is 4.23. The summed E-state index contributed by atoms with van der Waals surface area (Å²) in [5, 5.41) is 3.20. The van der Waals surface area contributed by atoms with Crippen LogP contribution in [0, 0.1) is 0 Å². The first-order valence-electron chi connectivity index (χ1n) is 10.5. The number of anilines is 1.